The molecule has 1 unspecified atom stereocenters. The zero-order valence-electron chi connectivity index (χ0n) is 15.9. The van der Waals surface area contributed by atoms with Crippen LogP contribution in [-0.4, -0.2) is 43.5 Å². The van der Waals surface area contributed by atoms with Gasteiger partial charge in [-0.25, -0.2) is 0 Å². The Kier molecular flexibility index (Phi) is 5.53. The van der Waals surface area contributed by atoms with Crippen LogP contribution in [0.4, 0.5) is 5.69 Å². The predicted molar refractivity (Wildman–Crippen MR) is 109 cm³/mol. The number of morpholine rings is 1. The van der Waals surface area contributed by atoms with Gasteiger partial charge in [-0.05, 0) is 31.5 Å². The van der Waals surface area contributed by atoms with E-state index in [2.05, 4.69) is 50.2 Å². The van der Waals surface area contributed by atoms with Gasteiger partial charge in [0.05, 0.1) is 11.7 Å². The molecule has 2 aromatic carbocycles. The van der Waals surface area contributed by atoms with E-state index in [4.69, 9.17) is 4.74 Å². The Morgan fingerprint density at radius 2 is 1.74 bits per heavy atom. The number of nitrogens with zero attached hydrogens (tertiary/aromatic N) is 1. The van der Waals surface area contributed by atoms with Crippen molar-refractivity contribution in [2.24, 2.45) is 0 Å². The van der Waals surface area contributed by atoms with Crippen molar-refractivity contribution in [3.63, 3.8) is 0 Å². The van der Waals surface area contributed by atoms with E-state index in [1.165, 1.54) is 15.4 Å². The molecule has 142 valence electrons. The first-order valence-electron chi connectivity index (χ1n) is 9.69. The van der Waals surface area contributed by atoms with Gasteiger partial charge in [0.2, 0.25) is 0 Å². The number of carbonyl (C=O) groups excluding carboxylic acids is 1. The number of thioether (sulfide) groups is 1. The third-order valence-corrected chi connectivity index (χ3v) is 6.44. The summed E-state index contributed by atoms with van der Waals surface area (Å²) in [6.07, 6.45) is 0.399. The van der Waals surface area contributed by atoms with Gasteiger partial charge in [0.1, 0.15) is 25.3 Å². The number of para-hydroxylation sites is 1. The Morgan fingerprint density at radius 3 is 2.48 bits per heavy atom. The number of hydrogen-bond donors (Lipinski definition) is 1. The second-order valence-corrected chi connectivity index (χ2v) is 8.62. The maximum absolute atomic E-state index is 13.5. The first-order chi connectivity index (χ1) is 13.1. The summed E-state index contributed by atoms with van der Waals surface area (Å²) in [5, 5.41) is 0. The number of hydrogen-bond acceptors (Lipinski definition) is 3. The van der Waals surface area contributed by atoms with E-state index in [0.29, 0.717) is 6.54 Å². The van der Waals surface area contributed by atoms with E-state index in [0.717, 1.165) is 24.5 Å². The fourth-order valence-corrected chi connectivity index (χ4v) is 5.42. The molecule has 4 atom stereocenters. The lowest BCUT2D eigenvalue weighted by molar-refractivity contribution is -0.907. The number of benzene rings is 2. The van der Waals surface area contributed by atoms with Crippen LogP contribution in [0.5, 0.6) is 0 Å². The summed E-state index contributed by atoms with van der Waals surface area (Å²) < 4.78 is 5.84. The zero-order valence-corrected chi connectivity index (χ0v) is 16.7. The van der Waals surface area contributed by atoms with Crippen LogP contribution in [0.3, 0.4) is 0 Å². The fraction of sp³-hybridized carbons (Fsp3) is 0.409. The molecule has 5 heteroatoms. The van der Waals surface area contributed by atoms with Crippen LogP contribution in [0.15, 0.2) is 59.5 Å². The molecule has 2 heterocycles. The molecule has 1 saturated heterocycles. The third-order valence-electron chi connectivity index (χ3n) is 5.30. The van der Waals surface area contributed by atoms with Crippen molar-refractivity contribution in [1.82, 2.24) is 0 Å². The number of nitrogens with one attached hydrogen (secondary N) is 1. The quantitative estimate of drug-likeness (QED) is 0.885. The average Bonchev–Trinajstić information content (AvgIpc) is 2.67. The number of anilines is 1. The number of fused-ring (bicyclic) bond motifs is 1. The van der Waals surface area contributed by atoms with Gasteiger partial charge in [-0.3, -0.25) is 9.69 Å². The van der Waals surface area contributed by atoms with Gasteiger partial charge in [0.25, 0.3) is 5.91 Å². The van der Waals surface area contributed by atoms with Gasteiger partial charge < -0.3 is 9.64 Å². The molecule has 1 fully saturated rings. The first-order valence-corrected chi connectivity index (χ1v) is 10.7. The Hall–Kier alpha value is -1.82. The van der Waals surface area contributed by atoms with E-state index in [1.807, 2.05) is 34.9 Å². The van der Waals surface area contributed by atoms with E-state index in [1.54, 1.807) is 0 Å². The molecular weight excluding hydrogens is 356 g/mol. The summed E-state index contributed by atoms with van der Waals surface area (Å²) in [6, 6.07) is 18.7. The molecule has 4 nitrogen and oxygen atoms in total. The number of carbonyl (C=O) groups is 1. The summed E-state index contributed by atoms with van der Waals surface area (Å²) in [6.45, 7) is 6.48. The predicted octanol–water partition coefficient (Wildman–Crippen LogP) is 2.56. The lowest BCUT2D eigenvalue weighted by atomic mass is 10.0. The number of quaternary nitrogens is 1. The molecule has 0 spiro atoms. The van der Waals surface area contributed by atoms with Crippen LogP contribution in [0.25, 0.3) is 0 Å². The van der Waals surface area contributed by atoms with Gasteiger partial charge in [-0.2, -0.15) is 0 Å². The lowest BCUT2D eigenvalue weighted by Gasteiger charge is -2.38. The molecule has 4 rings (SSSR count). The standard InChI is InChI=1S/C22H26N2O2S/c1-16-12-23(13-17(2)26-16)14-22(25)24-19-10-6-7-11-21(19)27-15-20(24)18-8-4-3-5-9-18/h3-11,16-17,20H,12-15H2,1-2H3/p+1/t16-,17+,20-/m1/s1. The molecule has 1 amide bonds. The third kappa shape index (κ3) is 4.05. The topological polar surface area (TPSA) is 34.0 Å². The fourth-order valence-electron chi connectivity index (χ4n) is 4.25. The highest BCUT2D eigenvalue weighted by atomic mass is 32.2. The van der Waals surface area contributed by atoms with Crippen LogP contribution in [0.1, 0.15) is 25.5 Å². The van der Waals surface area contributed by atoms with Crippen LogP contribution >= 0.6 is 11.8 Å². The maximum Gasteiger partial charge on any atom is 0.282 e. The SMILES string of the molecule is C[C@@H]1C[NH+](CC(=O)N2c3ccccc3SC[C@@H]2c2ccccc2)C[C@H](C)O1. The molecule has 0 aromatic heterocycles. The van der Waals surface area contributed by atoms with Crippen LogP contribution < -0.4 is 9.80 Å². The highest BCUT2D eigenvalue weighted by Crippen LogP contribution is 2.42. The van der Waals surface area contributed by atoms with Gasteiger partial charge in [-0.15, -0.1) is 11.8 Å². The molecule has 27 heavy (non-hydrogen) atoms. The molecular formula is C22H27N2O2S+. The number of amides is 1. The van der Waals surface area contributed by atoms with E-state index < -0.39 is 0 Å². The molecule has 2 aliphatic heterocycles. The molecule has 0 saturated carbocycles. The molecule has 0 radical (unpaired) electrons. The minimum absolute atomic E-state index is 0.0777. The first kappa shape index (κ1) is 18.5. The van der Waals surface area contributed by atoms with Crippen molar-refractivity contribution in [3.8, 4) is 0 Å². The van der Waals surface area contributed by atoms with Crippen molar-refractivity contribution in [1.29, 1.82) is 0 Å². The Bertz CT molecular complexity index is 788. The second-order valence-electron chi connectivity index (χ2n) is 7.56. The molecule has 1 N–H and O–H groups in total. The summed E-state index contributed by atoms with van der Waals surface area (Å²) in [4.78, 5) is 18.0. The molecule has 2 aromatic rings. The minimum atomic E-state index is 0.0777. The van der Waals surface area contributed by atoms with Crippen molar-refractivity contribution in [3.05, 3.63) is 60.2 Å². The van der Waals surface area contributed by atoms with E-state index >= 15 is 0 Å². The number of ether oxygens (including phenoxy) is 1. The molecule has 2 aliphatic rings. The van der Waals surface area contributed by atoms with Gasteiger partial charge in [0, 0.05) is 10.6 Å². The van der Waals surface area contributed by atoms with Gasteiger partial charge in [0.15, 0.2) is 6.54 Å². The summed E-state index contributed by atoms with van der Waals surface area (Å²) in [5.41, 5.74) is 2.24. The van der Waals surface area contributed by atoms with Gasteiger partial charge in [-0.1, -0.05) is 42.5 Å². The highest BCUT2D eigenvalue weighted by molar-refractivity contribution is 7.99. The normalized spacial score (nSPS) is 27.9. The summed E-state index contributed by atoms with van der Waals surface area (Å²) >= 11 is 1.84. The highest BCUT2D eigenvalue weighted by Gasteiger charge is 2.35. The Morgan fingerprint density at radius 1 is 1.07 bits per heavy atom. The maximum atomic E-state index is 13.5. The van der Waals surface area contributed by atoms with Crippen LogP contribution in [-0.2, 0) is 9.53 Å². The van der Waals surface area contributed by atoms with E-state index in [9.17, 15) is 4.79 Å². The average molecular weight is 384 g/mol. The van der Waals surface area contributed by atoms with Crippen molar-refractivity contribution >= 4 is 23.4 Å². The summed E-state index contributed by atoms with van der Waals surface area (Å²) in [5.74, 6) is 1.09. The molecule has 0 aliphatic carbocycles. The number of rotatable bonds is 3. The lowest BCUT2D eigenvalue weighted by Crippen LogP contribution is -3.16. The molecule has 0 bridgehead atoms. The van der Waals surface area contributed by atoms with E-state index in [-0.39, 0.29) is 24.2 Å². The summed E-state index contributed by atoms with van der Waals surface area (Å²) in [7, 11) is 0. The smallest absolute Gasteiger partial charge is 0.282 e. The van der Waals surface area contributed by atoms with Crippen LogP contribution in [0, 0.1) is 0 Å². The van der Waals surface area contributed by atoms with Crippen molar-refractivity contribution in [2.45, 2.75) is 37.0 Å². The largest absolute Gasteiger partial charge is 0.364 e. The zero-order chi connectivity index (χ0) is 18.8. The second kappa shape index (κ2) is 8.05. The van der Waals surface area contributed by atoms with Crippen molar-refractivity contribution in [2.75, 3.05) is 30.3 Å². The van der Waals surface area contributed by atoms with Crippen molar-refractivity contribution < 1.29 is 14.4 Å². The Labute approximate surface area is 165 Å². The van der Waals surface area contributed by atoms with Gasteiger partial charge >= 0.3 is 0 Å². The minimum Gasteiger partial charge on any atom is -0.364 e. The van der Waals surface area contributed by atoms with Crippen LogP contribution in [0.2, 0.25) is 0 Å². The Balaban J connectivity index is 1.62. The monoisotopic (exact) mass is 383 g/mol.